The molecular formula is C19H22N4O3. The van der Waals surface area contributed by atoms with E-state index in [-0.39, 0.29) is 0 Å². The Bertz CT molecular complexity index is 911. The molecular weight excluding hydrogens is 332 g/mol. The molecule has 2 heterocycles. The topological polar surface area (TPSA) is 78.3 Å². The number of rotatable bonds is 4. The third-order valence-corrected chi connectivity index (χ3v) is 3.60. The minimum absolute atomic E-state index is 0.381. The second-order valence-electron chi connectivity index (χ2n) is 6.94. The number of ether oxygens (including phenoxy) is 2. The number of carbonyl (C=O) groups is 1. The van der Waals surface area contributed by atoms with Gasteiger partial charge in [-0.15, -0.1) is 0 Å². The highest BCUT2D eigenvalue weighted by molar-refractivity contribution is 5.81. The van der Waals surface area contributed by atoms with Gasteiger partial charge in [-0.1, -0.05) is 12.1 Å². The molecule has 1 amide bonds. The van der Waals surface area contributed by atoms with Crippen molar-refractivity contribution in [2.75, 3.05) is 0 Å². The number of nitrogens with zero attached hydrogens (tertiary/aromatic N) is 3. The Labute approximate surface area is 152 Å². The van der Waals surface area contributed by atoms with E-state index in [9.17, 15) is 4.79 Å². The lowest BCUT2D eigenvalue weighted by atomic mass is 10.2. The molecule has 2 aromatic heterocycles. The number of alkyl carbamates (subject to hydrolysis) is 1. The third kappa shape index (κ3) is 4.30. The number of aromatic nitrogens is 3. The molecule has 136 valence electrons. The van der Waals surface area contributed by atoms with Crippen LogP contribution in [0.15, 0.2) is 42.9 Å². The van der Waals surface area contributed by atoms with Crippen LogP contribution in [0.2, 0.25) is 0 Å². The van der Waals surface area contributed by atoms with Crippen LogP contribution in [-0.2, 0) is 18.3 Å². The van der Waals surface area contributed by atoms with Crippen molar-refractivity contribution < 1.29 is 14.3 Å². The zero-order valence-electron chi connectivity index (χ0n) is 15.3. The molecule has 0 atom stereocenters. The van der Waals surface area contributed by atoms with Gasteiger partial charge in [0.2, 0.25) is 5.88 Å². The minimum atomic E-state index is -0.512. The Hall–Kier alpha value is -3.09. The van der Waals surface area contributed by atoms with Gasteiger partial charge in [-0.2, -0.15) is 0 Å². The molecule has 0 unspecified atom stereocenters. The van der Waals surface area contributed by atoms with Crippen LogP contribution in [-0.4, -0.2) is 26.2 Å². The van der Waals surface area contributed by atoms with Gasteiger partial charge in [-0.05, 0) is 44.5 Å². The summed E-state index contributed by atoms with van der Waals surface area (Å²) < 4.78 is 13.0. The second-order valence-corrected chi connectivity index (χ2v) is 6.94. The first kappa shape index (κ1) is 17.7. The van der Waals surface area contributed by atoms with Gasteiger partial charge < -0.3 is 19.4 Å². The largest absolute Gasteiger partial charge is 0.444 e. The summed E-state index contributed by atoms with van der Waals surface area (Å²) >= 11 is 0. The molecule has 0 saturated carbocycles. The van der Waals surface area contributed by atoms with Crippen LogP contribution in [0.25, 0.3) is 11.0 Å². The number of benzene rings is 1. The van der Waals surface area contributed by atoms with E-state index in [4.69, 9.17) is 9.47 Å². The van der Waals surface area contributed by atoms with Gasteiger partial charge in [-0.25, -0.2) is 14.8 Å². The SMILES string of the molecule is Cn1ccc2c(Oc3ccc(CNC(=O)OC(C)(C)C)cc3)ncnc21. The van der Waals surface area contributed by atoms with Crippen LogP contribution < -0.4 is 10.1 Å². The molecule has 0 aliphatic rings. The molecule has 0 aliphatic heterocycles. The molecule has 0 spiro atoms. The molecule has 0 bridgehead atoms. The van der Waals surface area contributed by atoms with Gasteiger partial charge in [-0.3, -0.25) is 0 Å². The van der Waals surface area contributed by atoms with Crippen LogP contribution in [0.4, 0.5) is 4.79 Å². The van der Waals surface area contributed by atoms with Crippen molar-refractivity contribution in [2.45, 2.75) is 32.9 Å². The number of amides is 1. The van der Waals surface area contributed by atoms with Crippen molar-refractivity contribution in [3.05, 3.63) is 48.4 Å². The van der Waals surface area contributed by atoms with Crippen LogP contribution >= 0.6 is 0 Å². The summed E-state index contributed by atoms with van der Waals surface area (Å²) in [5, 5.41) is 3.58. The molecule has 0 saturated heterocycles. The van der Waals surface area contributed by atoms with Crippen molar-refractivity contribution in [1.82, 2.24) is 19.9 Å². The predicted octanol–water partition coefficient (Wildman–Crippen LogP) is 3.79. The normalized spacial score (nSPS) is 11.4. The quantitative estimate of drug-likeness (QED) is 0.771. The monoisotopic (exact) mass is 354 g/mol. The summed E-state index contributed by atoms with van der Waals surface area (Å²) in [7, 11) is 1.92. The van der Waals surface area contributed by atoms with Crippen LogP contribution in [0.1, 0.15) is 26.3 Å². The molecule has 0 fully saturated rings. The first-order chi connectivity index (χ1) is 12.3. The maximum atomic E-state index is 11.7. The summed E-state index contributed by atoms with van der Waals surface area (Å²) in [5.41, 5.74) is 1.24. The smallest absolute Gasteiger partial charge is 0.407 e. The molecule has 7 nitrogen and oxygen atoms in total. The lowest BCUT2D eigenvalue weighted by Gasteiger charge is -2.19. The van der Waals surface area contributed by atoms with Crippen LogP contribution in [0.3, 0.4) is 0 Å². The van der Waals surface area contributed by atoms with E-state index in [1.54, 1.807) is 0 Å². The first-order valence-corrected chi connectivity index (χ1v) is 8.31. The Kier molecular flexibility index (Phi) is 4.79. The summed E-state index contributed by atoms with van der Waals surface area (Å²) in [5.74, 6) is 1.17. The number of carbonyl (C=O) groups excluding carboxylic acids is 1. The van der Waals surface area contributed by atoms with E-state index in [1.165, 1.54) is 6.33 Å². The lowest BCUT2D eigenvalue weighted by Crippen LogP contribution is -2.32. The van der Waals surface area contributed by atoms with Crippen LogP contribution in [0, 0.1) is 0 Å². The zero-order chi connectivity index (χ0) is 18.7. The molecule has 1 N–H and O–H groups in total. The number of nitrogens with one attached hydrogen (secondary N) is 1. The summed E-state index contributed by atoms with van der Waals surface area (Å²) in [4.78, 5) is 20.1. The van der Waals surface area contributed by atoms with Crippen molar-refractivity contribution >= 4 is 17.1 Å². The molecule has 0 aliphatic carbocycles. The van der Waals surface area contributed by atoms with E-state index in [0.717, 1.165) is 16.6 Å². The third-order valence-electron chi connectivity index (χ3n) is 3.60. The van der Waals surface area contributed by atoms with E-state index < -0.39 is 11.7 Å². The van der Waals surface area contributed by atoms with Gasteiger partial charge in [0.25, 0.3) is 0 Å². The van der Waals surface area contributed by atoms with Crippen molar-refractivity contribution in [3.8, 4) is 11.6 Å². The predicted molar refractivity (Wildman–Crippen MR) is 98.1 cm³/mol. The van der Waals surface area contributed by atoms with E-state index in [1.807, 2.05) is 68.9 Å². The highest BCUT2D eigenvalue weighted by Gasteiger charge is 2.15. The fraction of sp³-hybridized carbons (Fsp3) is 0.316. The maximum absolute atomic E-state index is 11.7. The van der Waals surface area contributed by atoms with Gasteiger partial charge >= 0.3 is 6.09 Å². The molecule has 3 rings (SSSR count). The highest BCUT2D eigenvalue weighted by Crippen LogP contribution is 2.27. The van der Waals surface area contributed by atoms with Gasteiger partial charge in [0, 0.05) is 19.8 Å². The van der Waals surface area contributed by atoms with Gasteiger partial charge in [0.15, 0.2) is 0 Å². The number of aryl methyl sites for hydroxylation is 1. The molecule has 0 radical (unpaired) electrons. The lowest BCUT2D eigenvalue weighted by molar-refractivity contribution is 0.0523. The van der Waals surface area contributed by atoms with Gasteiger partial charge in [0.05, 0.1) is 5.39 Å². The van der Waals surface area contributed by atoms with E-state index >= 15 is 0 Å². The average Bonchev–Trinajstić information content (AvgIpc) is 2.95. The molecule has 26 heavy (non-hydrogen) atoms. The highest BCUT2D eigenvalue weighted by atomic mass is 16.6. The van der Waals surface area contributed by atoms with Crippen molar-refractivity contribution in [2.24, 2.45) is 7.05 Å². The number of fused-ring (bicyclic) bond motifs is 1. The van der Waals surface area contributed by atoms with Crippen molar-refractivity contribution in [1.29, 1.82) is 0 Å². The Morgan fingerprint density at radius 2 is 1.88 bits per heavy atom. The van der Waals surface area contributed by atoms with Crippen LogP contribution in [0.5, 0.6) is 11.6 Å². The average molecular weight is 354 g/mol. The van der Waals surface area contributed by atoms with E-state index in [2.05, 4.69) is 15.3 Å². The van der Waals surface area contributed by atoms with Gasteiger partial charge in [0.1, 0.15) is 23.3 Å². The first-order valence-electron chi connectivity index (χ1n) is 8.31. The molecule has 7 heteroatoms. The summed E-state index contributed by atoms with van der Waals surface area (Å²) in [6.07, 6.45) is 2.96. The molecule has 3 aromatic rings. The zero-order valence-corrected chi connectivity index (χ0v) is 15.3. The number of hydrogen-bond acceptors (Lipinski definition) is 5. The number of hydrogen-bond donors (Lipinski definition) is 1. The fourth-order valence-electron chi connectivity index (χ4n) is 2.41. The Balaban J connectivity index is 1.63. The fourth-order valence-corrected chi connectivity index (χ4v) is 2.41. The maximum Gasteiger partial charge on any atom is 0.407 e. The Morgan fingerprint density at radius 3 is 2.58 bits per heavy atom. The standard InChI is InChI=1S/C19H22N4O3/c1-19(2,3)26-18(24)20-11-13-5-7-14(8-6-13)25-17-15-9-10-23(4)16(15)21-12-22-17/h5-10,12H,11H2,1-4H3,(H,20,24). The summed E-state index contributed by atoms with van der Waals surface area (Å²) in [6.45, 7) is 5.87. The van der Waals surface area contributed by atoms with E-state index in [0.29, 0.717) is 18.2 Å². The second kappa shape index (κ2) is 7.03. The van der Waals surface area contributed by atoms with Crippen molar-refractivity contribution in [3.63, 3.8) is 0 Å². The molecule has 1 aromatic carbocycles. The minimum Gasteiger partial charge on any atom is -0.444 e. The Morgan fingerprint density at radius 1 is 1.15 bits per heavy atom. The summed E-state index contributed by atoms with van der Waals surface area (Å²) in [6, 6.07) is 9.36.